The zero-order valence-electron chi connectivity index (χ0n) is 18.6. The number of nitrogens with one attached hydrogen (secondary N) is 1. The van der Waals surface area contributed by atoms with Crippen LogP contribution in [0.15, 0.2) is 38.7 Å². The van der Waals surface area contributed by atoms with Crippen molar-refractivity contribution in [3.05, 3.63) is 34.2 Å². The molecule has 1 N–H and O–H groups in total. The van der Waals surface area contributed by atoms with Gasteiger partial charge in [0.15, 0.2) is 11.5 Å². The Bertz CT molecular complexity index is 999. The smallest absolute Gasteiger partial charge is 0.261 e. The van der Waals surface area contributed by atoms with Crippen molar-refractivity contribution >= 4 is 34.5 Å². The molecule has 0 aromatic heterocycles. The van der Waals surface area contributed by atoms with Crippen molar-refractivity contribution < 1.29 is 19.1 Å². The fraction of sp³-hybridized carbons (Fsp3) is 0.500. The van der Waals surface area contributed by atoms with E-state index in [1.54, 1.807) is 11.8 Å². The van der Waals surface area contributed by atoms with E-state index in [0.717, 1.165) is 29.9 Å². The van der Waals surface area contributed by atoms with Crippen molar-refractivity contribution in [1.29, 1.82) is 0 Å². The van der Waals surface area contributed by atoms with Crippen LogP contribution in [-0.4, -0.2) is 35.9 Å². The lowest BCUT2D eigenvalue weighted by atomic mass is 9.89. The predicted molar refractivity (Wildman–Crippen MR) is 126 cm³/mol. The Kier molecular flexibility index (Phi) is 7.29. The molecule has 0 bridgehead atoms. The largest absolute Gasteiger partial charge is 0.490 e. The highest BCUT2D eigenvalue weighted by Gasteiger charge is 2.40. The molecular weight excluding hydrogens is 426 g/mol. The normalized spacial score (nSPS) is 19.7. The zero-order valence-corrected chi connectivity index (χ0v) is 19.4. The molecule has 2 aliphatic heterocycles. The maximum Gasteiger partial charge on any atom is 0.261 e. The zero-order chi connectivity index (χ0) is 22.5. The number of thioether (sulfide) groups is 1. The first kappa shape index (κ1) is 22.6. The highest BCUT2D eigenvalue weighted by Crippen LogP contribution is 2.47. The van der Waals surface area contributed by atoms with Gasteiger partial charge in [-0.15, -0.1) is 0 Å². The van der Waals surface area contributed by atoms with Gasteiger partial charge in [0.25, 0.3) is 5.91 Å². The van der Waals surface area contributed by atoms with Crippen LogP contribution in [0.4, 0.5) is 0 Å². The van der Waals surface area contributed by atoms with Crippen LogP contribution in [0, 0.1) is 5.92 Å². The monoisotopic (exact) mass is 455 g/mol. The van der Waals surface area contributed by atoms with Gasteiger partial charge in [-0.1, -0.05) is 17.8 Å². The average Bonchev–Trinajstić information content (AvgIpc) is 3.17. The van der Waals surface area contributed by atoms with Crippen LogP contribution in [0.1, 0.15) is 57.9 Å². The molecule has 0 radical (unpaired) electrons. The van der Waals surface area contributed by atoms with Crippen LogP contribution in [0.5, 0.6) is 11.5 Å². The molecule has 170 valence electrons. The molecule has 0 spiro atoms. The highest BCUT2D eigenvalue weighted by molar-refractivity contribution is 8.17. The number of hydrogen-bond acceptors (Lipinski definition) is 6. The van der Waals surface area contributed by atoms with E-state index < -0.39 is 0 Å². The summed E-state index contributed by atoms with van der Waals surface area (Å²) in [5.74, 6) is 1.35. The lowest BCUT2D eigenvalue weighted by Crippen LogP contribution is -2.27. The minimum Gasteiger partial charge on any atom is -0.490 e. The van der Waals surface area contributed by atoms with Crippen molar-refractivity contribution in [2.75, 3.05) is 13.2 Å². The van der Waals surface area contributed by atoms with Gasteiger partial charge in [-0.3, -0.25) is 9.59 Å². The molecule has 1 aliphatic carbocycles. The number of carbonyl (C=O) groups is 2. The van der Waals surface area contributed by atoms with Gasteiger partial charge < -0.3 is 14.8 Å². The number of hydrogen-bond donors (Lipinski definition) is 1. The number of amides is 2. The van der Waals surface area contributed by atoms with Gasteiger partial charge in [-0.2, -0.15) is 4.99 Å². The van der Waals surface area contributed by atoms with Crippen LogP contribution in [0.25, 0.3) is 0 Å². The number of allylic oxidation sites excluding steroid dienone is 1. The SMILES string of the molecule is CCOc1ccc(CNC(=O)CCC2=NC(=O)C3C(=N2)SC2=C3CCCC2)cc1OCC. The molecule has 1 aromatic carbocycles. The number of rotatable bonds is 9. The summed E-state index contributed by atoms with van der Waals surface area (Å²) in [6.07, 6.45) is 4.91. The second-order valence-electron chi connectivity index (χ2n) is 7.93. The Morgan fingerprint density at radius 2 is 1.91 bits per heavy atom. The van der Waals surface area contributed by atoms with Gasteiger partial charge in [0, 0.05) is 19.4 Å². The molecule has 2 amide bonds. The Balaban J connectivity index is 1.30. The molecule has 8 heteroatoms. The molecule has 3 aliphatic rings. The number of fused-ring (bicyclic) bond motifs is 2. The number of aliphatic imine (C=N–C) groups is 2. The third-order valence-electron chi connectivity index (χ3n) is 5.68. The van der Waals surface area contributed by atoms with Crippen molar-refractivity contribution in [3.63, 3.8) is 0 Å². The molecule has 0 saturated carbocycles. The molecule has 2 heterocycles. The van der Waals surface area contributed by atoms with Gasteiger partial charge in [0.2, 0.25) is 5.91 Å². The number of amidine groups is 1. The first-order valence-electron chi connectivity index (χ1n) is 11.3. The molecule has 1 atom stereocenters. The van der Waals surface area contributed by atoms with Crippen LogP contribution >= 0.6 is 11.8 Å². The Labute approximate surface area is 192 Å². The van der Waals surface area contributed by atoms with E-state index in [4.69, 9.17) is 9.47 Å². The molecule has 7 nitrogen and oxygen atoms in total. The van der Waals surface area contributed by atoms with E-state index in [1.165, 1.54) is 16.9 Å². The van der Waals surface area contributed by atoms with E-state index >= 15 is 0 Å². The average molecular weight is 456 g/mol. The van der Waals surface area contributed by atoms with E-state index in [0.29, 0.717) is 43.5 Å². The third-order valence-corrected chi connectivity index (χ3v) is 6.93. The lowest BCUT2D eigenvalue weighted by Gasteiger charge is -2.18. The molecule has 32 heavy (non-hydrogen) atoms. The Morgan fingerprint density at radius 1 is 1.12 bits per heavy atom. The van der Waals surface area contributed by atoms with Crippen LogP contribution < -0.4 is 14.8 Å². The molecular formula is C24H29N3O4S. The highest BCUT2D eigenvalue weighted by atomic mass is 32.2. The molecule has 0 fully saturated rings. The second-order valence-corrected chi connectivity index (χ2v) is 9.05. The van der Waals surface area contributed by atoms with Crippen molar-refractivity contribution in [1.82, 2.24) is 5.32 Å². The summed E-state index contributed by atoms with van der Waals surface area (Å²) >= 11 is 1.64. The summed E-state index contributed by atoms with van der Waals surface area (Å²) in [4.78, 5) is 35.1. The van der Waals surface area contributed by atoms with Crippen molar-refractivity contribution in [2.45, 2.75) is 58.9 Å². The van der Waals surface area contributed by atoms with E-state index in [2.05, 4.69) is 15.3 Å². The standard InChI is InChI=1S/C24H29N3O4S/c1-3-30-17-10-9-15(13-18(17)31-4-2)14-25-21(28)12-11-20-26-23(29)22-16-7-5-6-8-19(16)32-24(22)27-20/h9-10,13,22H,3-8,11-12,14H2,1-2H3,(H,25,28). The summed E-state index contributed by atoms with van der Waals surface area (Å²) in [6, 6.07) is 5.66. The number of carbonyl (C=O) groups excluding carboxylic acids is 2. The quantitative estimate of drug-likeness (QED) is 0.596. The van der Waals surface area contributed by atoms with Crippen LogP contribution in [0.2, 0.25) is 0 Å². The van der Waals surface area contributed by atoms with Gasteiger partial charge >= 0.3 is 0 Å². The summed E-state index contributed by atoms with van der Waals surface area (Å²) < 4.78 is 11.2. The first-order valence-corrected chi connectivity index (χ1v) is 12.2. The summed E-state index contributed by atoms with van der Waals surface area (Å²) in [7, 11) is 0. The Morgan fingerprint density at radius 3 is 2.72 bits per heavy atom. The van der Waals surface area contributed by atoms with Crippen molar-refractivity contribution in [2.24, 2.45) is 15.9 Å². The number of ether oxygens (including phenoxy) is 2. The minimum atomic E-state index is -0.257. The fourth-order valence-corrected chi connectivity index (χ4v) is 5.54. The molecule has 1 aromatic rings. The van der Waals surface area contributed by atoms with Gasteiger partial charge in [0.1, 0.15) is 11.8 Å². The third kappa shape index (κ3) is 5.06. The maximum absolute atomic E-state index is 12.6. The first-order chi connectivity index (χ1) is 15.6. The maximum atomic E-state index is 12.6. The summed E-state index contributed by atoms with van der Waals surface area (Å²) in [6.45, 7) is 5.33. The molecule has 4 rings (SSSR count). The summed E-state index contributed by atoms with van der Waals surface area (Å²) in [5, 5.41) is 3.77. The Hall–Kier alpha value is -2.61. The second kappa shape index (κ2) is 10.3. The number of benzene rings is 1. The summed E-state index contributed by atoms with van der Waals surface area (Å²) in [5.41, 5.74) is 2.16. The molecule has 0 saturated heterocycles. The van der Waals surface area contributed by atoms with Crippen molar-refractivity contribution in [3.8, 4) is 11.5 Å². The minimum absolute atomic E-state index is 0.106. The van der Waals surface area contributed by atoms with Crippen LogP contribution in [0.3, 0.4) is 0 Å². The topological polar surface area (TPSA) is 89.3 Å². The van der Waals surface area contributed by atoms with Gasteiger partial charge in [-0.05, 0) is 67.7 Å². The van der Waals surface area contributed by atoms with E-state index in [-0.39, 0.29) is 24.2 Å². The predicted octanol–water partition coefficient (Wildman–Crippen LogP) is 4.41. The molecule has 1 unspecified atom stereocenters. The lowest BCUT2D eigenvalue weighted by molar-refractivity contribution is -0.121. The van der Waals surface area contributed by atoms with E-state index in [9.17, 15) is 9.59 Å². The van der Waals surface area contributed by atoms with Gasteiger partial charge in [-0.25, -0.2) is 4.99 Å². The van der Waals surface area contributed by atoms with E-state index in [1.807, 2.05) is 32.0 Å². The van der Waals surface area contributed by atoms with Gasteiger partial charge in [0.05, 0.1) is 18.3 Å². The fourth-order valence-electron chi connectivity index (χ4n) is 4.17. The van der Waals surface area contributed by atoms with Crippen LogP contribution in [-0.2, 0) is 16.1 Å². The number of nitrogens with zero attached hydrogens (tertiary/aromatic N) is 2.